The second kappa shape index (κ2) is 6.55. The summed E-state index contributed by atoms with van der Waals surface area (Å²) in [6.07, 6.45) is 5.51. The van der Waals surface area contributed by atoms with Crippen molar-refractivity contribution < 1.29 is 9.53 Å². The molecular weight excluding hydrogens is 226 g/mol. The number of rotatable bonds is 5. The molecule has 1 aromatic heterocycles. The van der Waals surface area contributed by atoms with Crippen LogP contribution in [0.1, 0.15) is 11.1 Å². The van der Waals surface area contributed by atoms with E-state index in [0.717, 1.165) is 11.1 Å². The standard InChI is InChI=1S/C15H14NO2/c17-15(9-8-13-7-4-10-16-11-13)18-12-14-5-2-1-3-6-14/h1-7,9-11H,8,12H2. The first-order valence-electron chi connectivity index (χ1n) is 5.77. The molecule has 3 nitrogen and oxygen atoms in total. The first-order chi connectivity index (χ1) is 8.84. The molecule has 0 aliphatic heterocycles. The molecule has 2 aromatic rings. The lowest BCUT2D eigenvalue weighted by Crippen LogP contribution is -2.06. The molecule has 0 N–H and O–H groups in total. The Labute approximate surface area is 106 Å². The highest BCUT2D eigenvalue weighted by Crippen LogP contribution is 2.04. The number of pyridine rings is 1. The molecule has 0 bridgehead atoms. The van der Waals surface area contributed by atoms with E-state index in [1.54, 1.807) is 12.4 Å². The van der Waals surface area contributed by atoms with E-state index >= 15 is 0 Å². The molecule has 0 aliphatic rings. The predicted molar refractivity (Wildman–Crippen MR) is 68.5 cm³/mol. The Bertz CT molecular complexity index is 437. The SMILES string of the molecule is O=C([CH]Cc1cccnc1)OCc1ccccc1. The van der Waals surface area contributed by atoms with Crippen LogP contribution in [0.15, 0.2) is 54.9 Å². The van der Waals surface area contributed by atoms with Gasteiger partial charge in [0.1, 0.15) is 6.61 Å². The number of nitrogens with zero attached hydrogens (tertiary/aromatic N) is 1. The number of ether oxygens (including phenoxy) is 1. The number of hydrogen-bond acceptors (Lipinski definition) is 3. The van der Waals surface area contributed by atoms with Crippen LogP contribution in [0.3, 0.4) is 0 Å². The summed E-state index contributed by atoms with van der Waals surface area (Å²) in [5, 5.41) is 0. The van der Waals surface area contributed by atoms with Crippen LogP contribution < -0.4 is 0 Å². The van der Waals surface area contributed by atoms with Gasteiger partial charge < -0.3 is 4.74 Å². The summed E-state index contributed by atoms with van der Waals surface area (Å²) in [6, 6.07) is 13.4. The minimum absolute atomic E-state index is 0.303. The molecule has 2 rings (SSSR count). The summed E-state index contributed by atoms with van der Waals surface area (Å²) in [6.45, 7) is 0.309. The number of carbonyl (C=O) groups is 1. The average molecular weight is 240 g/mol. The third kappa shape index (κ3) is 4.01. The Hall–Kier alpha value is -2.16. The van der Waals surface area contributed by atoms with Crippen LogP contribution in [0.4, 0.5) is 0 Å². The van der Waals surface area contributed by atoms with E-state index in [-0.39, 0.29) is 5.97 Å². The molecule has 91 valence electrons. The molecule has 0 unspecified atom stereocenters. The summed E-state index contributed by atoms with van der Waals surface area (Å²) in [5.41, 5.74) is 1.98. The van der Waals surface area contributed by atoms with Crippen molar-refractivity contribution in [3.63, 3.8) is 0 Å². The van der Waals surface area contributed by atoms with E-state index in [0.29, 0.717) is 13.0 Å². The Morgan fingerprint density at radius 2 is 1.89 bits per heavy atom. The van der Waals surface area contributed by atoms with Crippen LogP contribution in [-0.2, 0) is 22.6 Å². The topological polar surface area (TPSA) is 39.2 Å². The van der Waals surface area contributed by atoms with E-state index in [1.807, 2.05) is 42.5 Å². The molecule has 18 heavy (non-hydrogen) atoms. The third-order valence-corrected chi connectivity index (χ3v) is 2.45. The molecule has 1 radical (unpaired) electrons. The second-order valence-electron chi connectivity index (χ2n) is 3.86. The monoisotopic (exact) mass is 240 g/mol. The molecule has 0 atom stereocenters. The quantitative estimate of drug-likeness (QED) is 0.754. The zero-order valence-corrected chi connectivity index (χ0v) is 9.95. The highest BCUT2D eigenvalue weighted by molar-refractivity contribution is 5.79. The van der Waals surface area contributed by atoms with Gasteiger partial charge in [-0.15, -0.1) is 0 Å². The fourth-order valence-electron chi connectivity index (χ4n) is 1.51. The Balaban J connectivity index is 1.73. The number of benzene rings is 1. The molecule has 3 heteroatoms. The molecule has 0 saturated heterocycles. The van der Waals surface area contributed by atoms with Crippen molar-refractivity contribution in [3.8, 4) is 0 Å². The zero-order chi connectivity index (χ0) is 12.6. The van der Waals surface area contributed by atoms with Crippen LogP contribution in [0, 0.1) is 6.42 Å². The Kier molecular flexibility index (Phi) is 4.47. The zero-order valence-electron chi connectivity index (χ0n) is 9.95. The van der Waals surface area contributed by atoms with Gasteiger partial charge >= 0.3 is 5.97 Å². The fourth-order valence-corrected chi connectivity index (χ4v) is 1.51. The summed E-state index contributed by atoms with van der Waals surface area (Å²) in [5.74, 6) is -0.303. The van der Waals surface area contributed by atoms with E-state index in [1.165, 1.54) is 6.42 Å². The summed E-state index contributed by atoms with van der Waals surface area (Å²) < 4.78 is 5.13. The molecular formula is C15H14NO2. The summed E-state index contributed by atoms with van der Waals surface area (Å²) in [4.78, 5) is 15.5. The summed E-state index contributed by atoms with van der Waals surface area (Å²) >= 11 is 0. The lowest BCUT2D eigenvalue weighted by atomic mass is 10.1. The van der Waals surface area contributed by atoms with Crippen molar-refractivity contribution >= 4 is 5.97 Å². The van der Waals surface area contributed by atoms with Gasteiger partial charge in [-0.1, -0.05) is 36.4 Å². The normalized spacial score (nSPS) is 10.0. The van der Waals surface area contributed by atoms with E-state index in [2.05, 4.69) is 4.98 Å². The van der Waals surface area contributed by atoms with Gasteiger partial charge in [-0.3, -0.25) is 9.78 Å². The van der Waals surface area contributed by atoms with Gasteiger partial charge in [0, 0.05) is 12.4 Å². The van der Waals surface area contributed by atoms with Gasteiger partial charge in [0.15, 0.2) is 0 Å². The van der Waals surface area contributed by atoms with Crippen LogP contribution in [0.25, 0.3) is 0 Å². The van der Waals surface area contributed by atoms with Crippen LogP contribution in [0.2, 0.25) is 0 Å². The molecule has 1 heterocycles. The molecule has 0 fully saturated rings. The van der Waals surface area contributed by atoms with Crippen LogP contribution in [0.5, 0.6) is 0 Å². The predicted octanol–water partition coefficient (Wildman–Crippen LogP) is 2.57. The smallest absolute Gasteiger partial charge is 0.310 e. The molecule has 0 amide bonds. The average Bonchev–Trinajstić information content (AvgIpc) is 2.45. The van der Waals surface area contributed by atoms with Crippen molar-refractivity contribution in [2.45, 2.75) is 13.0 Å². The van der Waals surface area contributed by atoms with Crippen molar-refractivity contribution in [2.75, 3.05) is 0 Å². The van der Waals surface area contributed by atoms with E-state index < -0.39 is 0 Å². The van der Waals surface area contributed by atoms with Gasteiger partial charge in [-0.2, -0.15) is 0 Å². The van der Waals surface area contributed by atoms with Crippen molar-refractivity contribution in [3.05, 3.63) is 72.4 Å². The highest BCUT2D eigenvalue weighted by atomic mass is 16.5. The van der Waals surface area contributed by atoms with Crippen LogP contribution >= 0.6 is 0 Å². The number of esters is 1. The first kappa shape index (κ1) is 12.3. The number of hydrogen-bond donors (Lipinski definition) is 0. The van der Waals surface area contributed by atoms with E-state index in [4.69, 9.17) is 4.74 Å². The number of carbonyl (C=O) groups excluding carboxylic acids is 1. The summed E-state index contributed by atoms with van der Waals surface area (Å²) in [7, 11) is 0. The maximum absolute atomic E-state index is 11.5. The molecule has 0 saturated carbocycles. The van der Waals surface area contributed by atoms with E-state index in [9.17, 15) is 4.79 Å². The third-order valence-electron chi connectivity index (χ3n) is 2.45. The Morgan fingerprint density at radius 1 is 1.11 bits per heavy atom. The molecule has 0 aliphatic carbocycles. The molecule has 1 aromatic carbocycles. The minimum Gasteiger partial charge on any atom is -0.461 e. The Morgan fingerprint density at radius 3 is 2.61 bits per heavy atom. The molecule has 0 spiro atoms. The minimum atomic E-state index is -0.303. The van der Waals surface area contributed by atoms with Crippen molar-refractivity contribution in [2.24, 2.45) is 0 Å². The van der Waals surface area contributed by atoms with Gasteiger partial charge in [0.05, 0.1) is 6.42 Å². The number of aromatic nitrogens is 1. The highest BCUT2D eigenvalue weighted by Gasteiger charge is 2.04. The van der Waals surface area contributed by atoms with Gasteiger partial charge in [-0.05, 0) is 23.6 Å². The van der Waals surface area contributed by atoms with Crippen LogP contribution in [-0.4, -0.2) is 11.0 Å². The first-order valence-corrected chi connectivity index (χ1v) is 5.77. The van der Waals surface area contributed by atoms with Gasteiger partial charge in [-0.25, -0.2) is 0 Å². The van der Waals surface area contributed by atoms with Crippen molar-refractivity contribution in [1.82, 2.24) is 4.98 Å². The van der Waals surface area contributed by atoms with Crippen molar-refractivity contribution in [1.29, 1.82) is 0 Å². The maximum Gasteiger partial charge on any atom is 0.310 e. The van der Waals surface area contributed by atoms with Gasteiger partial charge in [0.2, 0.25) is 0 Å². The second-order valence-corrected chi connectivity index (χ2v) is 3.86. The maximum atomic E-state index is 11.5. The lowest BCUT2D eigenvalue weighted by Gasteiger charge is -2.04. The fraction of sp³-hybridized carbons (Fsp3) is 0.133. The lowest BCUT2D eigenvalue weighted by molar-refractivity contribution is -0.140. The van der Waals surface area contributed by atoms with Gasteiger partial charge in [0.25, 0.3) is 0 Å². The largest absolute Gasteiger partial charge is 0.461 e.